The number of hydrogen-bond donors (Lipinski definition) is 1. The smallest absolute Gasteiger partial charge is 0.266 e. The molecule has 0 aliphatic heterocycles. The fourth-order valence-corrected chi connectivity index (χ4v) is 4.36. The van der Waals surface area contributed by atoms with Gasteiger partial charge in [-0.15, -0.1) is 11.3 Å². The molecular formula is C23H18BrClFN3O2S. The van der Waals surface area contributed by atoms with Gasteiger partial charge in [-0.25, -0.2) is 4.39 Å². The molecular weight excluding hydrogens is 517 g/mol. The zero-order chi connectivity index (χ0) is 22.7. The van der Waals surface area contributed by atoms with E-state index in [-0.39, 0.29) is 18.3 Å². The summed E-state index contributed by atoms with van der Waals surface area (Å²) in [5.74, 6) is 0.383. The summed E-state index contributed by atoms with van der Waals surface area (Å²) < 4.78 is 21.9. The second-order valence-corrected chi connectivity index (χ2v) is 9.28. The van der Waals surface area contributed by atoms with Gasteiger partial charge in [0.25, 0.3) is 5.91 Å². The molecule has 4 aromatic rings. The van der Waals surface area contributed by atoms with Crippen LogP contribution < -0.4 is 10.1 Å². The van der Waals surface area contributed by atoms with Crippen LogP contribution in [0.4, 0.5) is 10.2 Å². The molecule has 2 heterocycles. The fourth-order valence-electron chi connectivity index (χ4n) is 2.99. The summed E-state index contributed by atoms with van der Waals surface area (Å²) in [6.45, 7) is 2.52. The first kappa shape index (κ1) is 22.5. The summed E-state index contributed by atoms with van der Waals surface area (Å²) in [4.78, 5) is 13.2. The van der Waals surface area contributed by atoms with Crippen LogP contribution in [0, 0.1) is 12.7 Å². The highest BCUT2D eigenvalue weighted by Gasteiger charge is 2.15. The molecule has 0 bridgehead atoms. The second-order valence-electron chi connectivity index (χ2n) is 7.11. The van der Waals surface area contributed by atoms with Gasteiger partial charge in [0.15, 0.2) is 5.82 Å². The third-order valence-electron chi connectivity index (χ3n) is 4.60. The van der Waals surface area contributed by atoms with Gasteiger partial charge in [0.2, 0.25) is 0 Å². The van der Waals surface area contributed by atoms with Crippen LogP contribution in [-0.2, 0) is 13.2 Å². The number of nitrogens with zero attached hydrogens (tertiary/aromatic N) is 2. The van der Waals surface area contributed by atoms with Crippen LogP contribution in [-0.4, -0.2) is 15.7 Å². The molecule has 9 heteroatoms. The highest BCUT2D eigenvalue weighted by molar-refractivity contribution is 9.10. The number of ether oxygens (including phenoxy) is 1. The predicted octanol–water partition coefficient (Wildman–Crippen LogP) is 6.69. The molecule has 0 spiro atoms. The minimum Gasteiger partial charge on any atom is -0.487 e. The molecule has 0 unspecified atom stereocenters. The van der Waals surface area contributed by atoms with Crippen LogP contribution in [0.3, 0.4) is 0 Å². The van der Waals surface area contributed by atoms with Crippen molar-refractivity contribution in [2.75, 3.05) is 5.32 Å². The Morgan fingerprint density at radius 1 is 1.28 bits per heavy atom. The van der Waals surface area contributed by atoms with Gasteiger partial charge in [-0.3, -0.25) is 9.48 Å². The van der Waals surface area contributed by atoms with E-state index in [4.69, 9.17) is 16.3 Å². The maximum Gasteiger partial charge on any atom is 0.266 e. The zero-order valence-corrected chi connectivity index (χ0v) is 20.1. The lowest BCUT2D eigenvalue weighted by atomic mass is 10.2. The molecule has 0 aliphatic rings. The lowest BCUT2D eigenvalue weighted by molar-refractivity contribution is 0.103. The predicted molar refractivity (Wildman–Crippen MR) is 128 cm³/mol. The fraction of sp³-hybridized carbons (Fsp3) is 0.130. The van der Waals surface area contributed by atoms with E-state index in [9.17, 15) is 9.18 Å². The minimum absolute atomic E-state index is 0.253. The quantitative estimate of drug-likeness (QED) is 0.287. The summed E-state index contributed by atoms with van der Waals surface area (Å²) in [7, 11) is 0. The van der Waals surface area contributed by atoms with Crippen molar-refractivity contribution in [1.82, 2.24) is 9.78 Å². The Bertz CT molecular complexity index is 1270. The number of nitrogens with one attached hydrogen (secondary N) is 1. The Kier molecular flexibility index (Phi) is 6.93. The van der Waals surface area contributed by atoms with E-state index in [0.29, 0.717) is 38.1 Å². The molecule has 5 nitrogen and oxygen atoms in total. The summed E-state index contributed by atoms with van der Waals surface area (Å²) in [6, 6.07) is 13.9. The molecule has 2 aromatic heterocycles. The monoisotopic (exact) mass is 533 g/mol. The summed E-state index contributed by atoms with van der Waals surface area (Å²) in [6.07, 6.45) is 1.70. The third-order valence-corrected chi connectivity index (χ3v) is 6.47. The van der Waals surface area contributed by atoms with Gasteiger partial charge in [-0.1, -0.05) is 35.9 Å². The number of hydrogen-bond acceptors (Lipinski definition) is 4. The number of aryl methyl sites for hydroxylation is 1. The van der Waals surface area contributed by atoms with Crippen molar-refractivity contribution >= 4 is 50.6 Å². The normalized spacial score (nSPS) is 10.9. The Balaban J connectivity index is 1.39. The molecule has 2 aromatic carbocycles. The molecule has 4 rings (SSSR count). The molecule has 0 aliphatic carbocycles. The van der Waals surface area contributed by atoms with Gasteiger partial charge in [0.1, 0.15) is 18.2 Å². The zero-order valence-electron chi connectivity index (χ0n) is 16.9. The molecule has 1 N–H and O–H groups in total. The van der Waals surface area contributed by atoms with E-state index >= 15 is 0 Å². The van der Waals surface area contributed by atoms with Crippen molar-refractivity contribution in [3.8, 4) is 5.75 Å². The lowest BCUT2D eigenvalue weighted by Gasteiger charge is -2.07. The molecule has 1 amide bonds. The average Bonchev–Trinajstić information content (AvgIpc) is 3.37. The van der Waals surface area contributed by atoms with Crippen molar-refractivity contribution in [3.05, 3.63) is 97.0 Å². The number of amides is 1. The Morgan fingerprint density at radius 2 is 2.09 bits per heavy atom. The molecule has 0 atom stereocenters. The van der Waals surface area contributed by atoms with Crippen LogP contribution in [0.15, 0.2) is 64.6 Å². The summed E-state index contributed by atoms with van der Waals surface area (Å²) in [5, 5.41) is 9.54. The van der Waals surface area contributed by atoms with Gasteiger partial charge in [0, 0.05) is 17.3 Å². The molecule has 0 radical (unpaired) electrons. The SMILES string of the molecule is Cc1ccc(Cl)c(OCc2csc(C(=O)Nc3nn(Cc4ccccc4F)cc3Br)c2)c1. The molecule has 164 valence electrons. The Morgan fingerprint density at radius 3 is 2.91 bits per heavy atom. The number of rotatable bonds is 7. The molecule has 32 heavy (non-hydrogen) atoms. The van der Waals surface area contributed by atoms with E-state index in [1.165, 1.54) is 17.4 Å². The summed E-state index contributed by atoms with van der Waals surface area (Å²) in [5.41, 5.74) is 2.42. The number of halogens is 3. The van der Waals surface area contributed by atoms with Crippen LogP contribution >= 0.6 is 38.9 Å². The van der Waals surface area contributed by atoms with Gasteiger partial charge in [-0.05, 0) is 58.1 Å². The number of aromatic nitrogens is 2. The first-order valence-corrected chi connectivity index (χ1v) is 11.7. The number of anilines is 1. The number of thiophene rings is 1. The third kappa shape index (κ3) is 5.38. The Labute approximate surface area is 201 Å². The number of benzene rings is 2. The van der Waals surface area contributed by atoms with Crippen molar-refractivity contribution in [2.24, 2.45) is 0 Å². The van der Waals surface area contributed by atoms with E-state index < -0.39 is 0 Å². The lowest BCUT2D eigenvalue weighted by Crippen LogP contribution is -2.12. The maximum atomic E-state index is 13.9. The molecule has 0 saturated heterocycles. The second kappa shape index (κ2) is 9.85. The topological polar surface area (TPSA) is 56.1 Å². The van der Waals surface area contributed by atoms with Gasteiger partial charge < -0.3 is 10.1 Å². The van der Waals surface area contributed by atoms with Crippen molar-refractivity contribution in [1.29, 1.82) is 0 Å². The van der Waals surface area contributed by atoms with Gasteiger partial charge in [-0.2, -0.15) is 5.10 Å². The van der Waals surface area contributed by atoms with Crippen molar-refractivity contribution in [3.63, 3.8) is 0 Å². The Hall–Kier alpha value is -2.68. The highest BCUT2D eigenvalue weighted by atomic mass is 79.9. The van der Waals surface area contributed by atoms with E-state index in [0.717, 1.165) is 11.1 Å². The average molecular weight is 535 g/mol. The van der Waals surface area contributed by atoms with Gasteiger partial charge >= 0.3 is 0 Å². The van der Waals surface area contributed by atoms with Crippen LogP contribution in [0.25, 0.3) is 0 Å². The first-order valence-electron chi connectivity index (χ1n) is 9.63. The van der Waals surface area contributed by atoms with E-state index in [1.807, 2.05) is 24.4 Å². The first-order chi connectivity index (χ1) is 15.4. The number of carbonyl (C=O) groups excluding carboxylic acids is 1. The number of carbonyl (C=O) groups is 1. The van der Waals surface area contributed by atoms with Crippen LogP contribution in [0.2, 0.25) is 5.02 Å². The summed E-state index contributed by atoms with van der Waals surface area (Å²) >= 11 is 10.9. The van der Waals surface area contributed by atoms with Crippen molar-refractivity contribution in [2.45, 2.75) is 20.1 Å². The van der Waals surface area contributed by atoms with Crippen LogP contribution in [0.1, 0.15) is 26.4 Å². The van der Waals surface area contributed by atoms with Gasteiger partial charge in [0.05, 0.1) is 20.9 Å². The highest BCUT2D eigenvalue weighted by Crippen LogP contribution is 2.27. The van der Waals surface area contributed by atoms with E-state index in [2.05, 4.69) is 26.3 Å². The maximum absolute atomic E-state index is 13.9. The molecule has 0 saturated carbocycles. The van der Waals surface area contributed by atoms with Crippen molar-refractivity contribution < 1.29 is 13.9 Å². The minimum atomic E-state index is -0.301. The van der Waals surface area contributed by atoms with Crippen LogP contribution in [0.5, 0.6) is 5.75 Å². The molecule has 0 fully saturated rings. The largest absolute Gasteiger partial charge is 0.487 e. The standard InChI is InChI=1S/C23H18BrClFN3O2S/c1-14-6-7-18(25)20(8-14)31-12-15-9-21(32-13-15)23(30)27-22-17(24)11-29(28-22)10-16-4-2-3-5-19(16)26/h2-9,11,13H,10,12H2,1H3,(H,27,28,30). The van der Waals surface area contributed by atoms with E-state index in [1.54, 1.807) is 41.2 Å².